The number of hydrogen-bond donors (Lipinski definition) is 0. The summed E-state index contributed by atoms with van der Waals surface area (Å²) in [4.78, 5) is 48.1. The molecule has 2 aliphatic heterocycles. The van der Waals surface area contributed by atoms with Gasteiger partial charge in [-0.2, -0.15) is 0 Å². The first-order valence-corrected chi connectivity index (χ1v) is 13.3. The molecule has 1 saturated heterocycles. The van der Waals surface area contributed by atoms with Crippen LogP contribution in [-0.2, 0) is 49.3 Å². The van der Waals surface area contributed by atoms with Crippen molar-refractivity contribution in [3.05, 3.63) is 57.6 Å². The predicted octanol–water partition coefficient (Wildman–Crippen LogP) is 3.57. The van der Waals surface area contributed by atoms with E-state index in [1.807, 2.05) is 24.3 Å². The number of rotatable bonds is 7. The molecule has 0 aromatic heterocycles. The number of benzene rings is 2. The van der Waals surface area contributed by atoms with Crippen molar-refractivity contribution in [2.45, 2.75) is 64.8 Å². The monoisotopic (exact) mass is 620 g/mol. The molecule has 12 heteroatoms. The Morgan fingerprint density at radius 1 is 0.750 bits per heavy atom. The summed E-state index contributed by atoms with van der Waals surface area (Å²) in [6.07, 6.45) is -5.98. The van der Waals surface area contributed by atoms with E-state index in [9.17, 15) is 19.2 Å². The lowest BCUT2D eigenvalue weighted by atomic mass is 9.91. The molecule has 2 aromatic carbocycles. The normalized spacial score (nSPS) is 23.5. The Kier molecular flexibility index (Phi) is 9.31. The number of esters is 4. The van der Waals surface area contributed by atoms with Crippen LogP contribution >= 0.6 is 15.9 Å². The molecular weight excluding hydrogens is 592 g/mol. The summed E-state index contributed by atoms with van der Waals surface area (Å²) in [6.45, 7) is 5.61. The van der Waals surface area contributed by atoms with Crippen LogP contribution in [0, 0.1) is 0 Å². The number of carbonyl (C=O) groups is 4. The van der Waals surface area contributed by atoms with Crippen LogP contribution in [0.15, 0.2) is 40.9 Å². The molecule has 1 fully saturated rings. The molecule has 0 N–H and O–H groups in total. The molecule has 2 aliphatic rings. The van der Waals surface area contributed by atoms with Crippen molar-refractivity contribution in [2.24, 2.45) is 0 Å². The Hall–Kier alpha value is -3.64. The van der Waals surface area contributed by atoms with Crippen molar-refractivity contribution < 1.29 is 52.3 Å². The van der Waals surface area contributed by atoms with Crippen LogP contribution in [0.2, 0.25) is 0 Å². The molecule has 214 valence electrons. The lowest BCUT2D eigenvalue weighted by molar-refractivity contribution is -0.298. The van der Waals surface area contributed by atoms with Gasteiger partial charge in [0.25, 0.3) is 0 Å². The summed E-state index contributed by atoms with van der Waals surface area (Å²) >= 11 is 3.59. The highest BCUT2D eigenvalue weighted by Gasteiger charge is 2.53. The highest BCUT2D eigenvalue weighted by atomic mass is 79.9. The summed E-state index contributed by atoms with van der Waals surface area (Å²) in [7, 11) is 0. The van der Waals surface area contributed by atoms with Crippen molar-refractivity contribution in [2.75, 3.05) is 13.2 Å². The number of carbonyl (C=O) groups excluding carboxylic acids is 4. The van der Waals surface area contributed by atoms with Gasteiger partial charge in [-0.1, -0.05) is 34.1 Å². The molecule has 11 nitrogen and oxygen atoms in total. The molecule has 0 spiro atoms. The van der Waals surface area contributed by atoms with Gasteiger partial charge < -0.3 is 33.2 Å². The average molecular weight is 621 g/mol. The summed E-state index contributed by atoms with van der Waals surface area (Å²) in [5.74, 6) is -1.53. The third kappa shape index (κ3) is 7.11. The van der Waals surface area contributed by atoms with E-state index in [-0.39, 0.29) is 0 Å². The molecule has 5 atom stereocenters. The fourth-order valence-electron chi connectivity index (χ4n) is 4.63. The second-order valence-corrected chi connectivity index (χ2v) is 10.1. The van der Waals surface area contributed by atoms with Crippen LogP contribution in [0.1, 0.15) is 50.5 Å². The Bertz CT molecular complexity index is 1290. The van der Waals surface area contributed by atoms with Gasteiger partial charge in [-0.15, -0.1) is 0 Å². The SMILES string of the molecule is CC(=O)OC1O[C@@H](c2ccc(Br)c(Cc3ccc4c(c3)OCCO4)c2)[C@H](OC(C)=O)[C@@H](OC(C)=O)[C@@H]1OC(C)=O. The fraction of sp³-hybridized carbons (Fsp3) is 0.429. The molecule has 1 unspecified atom stereocenters. The summed E-state index contributed by atoms with van der Waals surface area (Å²) in [6, 6.07) is 11.1. The van der Waals surface area contributed by atoms with Crippen LogP contribution < -0.4 is 9.47 Å². The van der Waals surface area contributed by atoms with E-state index in [4.69, 9.17) is 33.2 Å². The molecule has 0 saturated carbocycles. The average Bonchev–Trinajstić information content (AvgIpc) is 2.87. The van der Waals surface area contributed by atoms with E-state index in [2.05, 4.69) is 15.9 Å². The summed E-state index contributed by atoms with van der Waals surface area (Å²) in [5.41, 5.74) is 2.35. The van der Waals surface area contributed by atoms with Gasteiger partial charge >= 0.3 is 23.9 Å². The van der Waals surface area contributed by atoms with Crippen molar-refractivity contribution in [1.29, 1.82) is 0 Å². The van der Waals surface area contributed by atoms with E-state index in [1.165, 1.54) is 6.92 Å². The van der Waals surface area contributed by atoms with Crippen molar-refractivity contribution >= 4 is 39.8 Å². The van der Waals surface area contributed by atoms with Gasteiger partial charge in [0, 0.05) is 32.2 Å². The Morgan fingerprint density at radius 3 is 2.00 bits per heavy atom. The molecule has 2 heterocycles. The van der Waals surface area contributed by atoms with E-state index in [0.717, 1.165) is 36.4 Å². The van der Waals surface area contributed by atoms with E-state index in [1.54, 1.807) is 12.1 Å². The fourth-order valence-corrected chi connectivity index (χ4v) is 5.01. The number of fused-ring (bicyclic) bond motifs is 1. The highest BCUT2D eigenvalue weighted by Crippen LogP contribution is 2.39. The first kappa shape index (κ1) is 29.3. The zero-order chi connectivity index (χ0) is 29.0. The Labute approximate surface area is 239 Å². The van der Waals surface area contributed by atoms with Gasteiger partial charge in [-0.25, -0.2) is 0 Å². The van der Waals surface area contributed by atoms with Crippen LogP contribution in [-0.4, -0.2) is 61.7 Å². The van der Waals surface area contributed by atoms with Gasteiger partial charge in [0.1, 0.15) is 19.3 Å². The van der Waals surface area contributed by atoms with Crippen molar-refractivity contribution in [3.8, 4) is 11.5 Å². The van der Waals surface area contributed by atoms with E-state index >= 15 is 0 Å². The second kappa shape index (κ2) is 12.7. The number of hydrogen-bond acceptors (Lipinski definition) is 11. The van der Waals surface area contributed by atoms with Gasteiger partial charge in [0.05, 0.1) is 0 Å². The van der Waals surface area contributed by atoms with Crippen molar-refractivity contribution in [3.63, 3.8) is 0 Å². The minimum absolute atomic E-state index is 0.466. The quantitative estimate of drug-likeness (QED) is 0.332. The van der Waals surface area contributed by atoms with Crippen molar-refractivity contribution in [1.82, 2.24) is 0 Å². The maximum absolute atomic E-state index is 12.1. The van der Waals surface area contributed by atoms with Gasteiger partial charge in [-0.05, 0) is 41.3 Å². The van der Waals surface area contributed by atoms with Gasteiger partial charge in [-0.3, -0.25) is 19.2 Å². The minimum atomic E-state index is -1.45. The molecule has 2 aromatic rings. The van der Waals surface area contributed by atoms with Crippen LogP contribution in [0.3, 0.4) is 0 Å². The lowest BCUT2D eigenvalue weighted by Crippen LogP contribution is -2.59. The zero-order valence-electron chi connectivity index (χ0n) is 22.3. The summed E-state index contributed by atoms with van der Waals surface area (Å²) in [5, 5.41) is 0. The predicted molar refractivity (Wildman–Crippen MR) is 140 cm³/mol. The third-order valence-corrected chi connectivity index (χ3v) is 6.86. The molecule has 0 aliphatic carbocycles. The molecule has 40 heavy (non-hydrogen) atoms. The molecule has 0 bridgehead atoms. The minimum Gasteiger partial charge on any atom is -0.486 e. The summed E-state index contributed by atoms with van der Waals surface area (Å²) < 4.78 is 39.9. The molecule has 0 amide bonds. The van der Waals surface area contributed by atoms with Gasteiger partial charge in [0.2, 0.25) is 12.4 Å². The molecular formula is C28H29BrO11. The lowest BCUT2D eigenvalue weighted by Gasteiger charge is -2.44. The highest BCUT2D eigenvalue weighted by molar-refractivity contribution is 9.10. The largest absolute Gasteiger partial charge is 0.486 e. The Morgan fingerprint density at radius 2 is 1.35 bits per heavy atom. The topological polar surface area (TPSA) is 133 Å². The van der Waals surface area contributed by atoms with Crippen LogP contribution in [0.5, 0.6) is 11.5 Å². The third-order valence-electron chi connectivity index (χ3n) is 6.08. The maximum atomic E-state index is 12.1. The number of ether oxygens (including phenoxy) is 7. The maximum Gasteiger partial charge on any atom is 0.305 e. The molecule has 0 radical (unpaired) electrons. The van der Waals surface area contributed by atoms with E-state index in [0.29, 0.717) is 36.7 Å². The van der Waals surface area contributed by atoms with Crippen LogP contribution in [0.4, 0.5) is 0 Å². The zero-order valence-corrected chi connectivity index (χ0v) is 23.9. The smallest absolute Gasteiger partial charge is 0.305 e. The van der Waals surface area contributed by atoms with Gasteiger partial charge in [0.15, 0.2) is 23.7 Å². The Balaban J connectivity index is 1.73. The first-order valence-electron chi connectivity index (χ1n) is 12.5. The second-order valence-electron chi connectivity index (χ2n) is 9.26. The standard InChI is InChI=1S/C28H29BrO11/c1-14(30)36-25-24(40-28(39-17(4)33)27(38-16(3)32)26(25)37-15(2)31)19-6-7-21(29)20(13-19)11-18-5-8-22-23(12-18)35-10-9-34-22/h5-8,12-13,24-28H,9-11H2,1-4H3/t24-,25-,26+,27-,28?/m0/s1. The first-order chi connectivity index (χ1) is 19.0. The van der Waals surface area contributed by atoms with Crippen LogP contribution in [0.25, 0.3) is 0 Å². The number of halogens is 1. The molecule has 4 rings (SSSR count). The van der Waals surface area contributed by atoms with E-state index < -0.39 is 54.6 Å².